The molecule has 0 heterocycles. The second kappa shape index (κ2) is 5.05. The molecule has 1 aliphatic carbocycles. The van der Waals surface area contributed by atoms with Gasteiger partial charge in [-0.3, -0.25) is 0 Å². The van der Waals surface area contributed by atoms with E-state index in [1.54, 1.807) is 0 Å². The van der Waals surface area contributed by atoms with Gasteiger partial charge in [-0.2, -0.15) is 0 Å². The van der Waals surface area contributed by atoms with Crippen LogP contribution in [0.15, 0.2) is 24.3 Å². The number of benzene rings is 1. The van der Waals surface area contributed by atoms with Crippen LogP contribution in [0.5, 0.6) is 0 Å². The summed E-state index contributed by atoms with van der Waals surface area (Å²) in [5.41, 5.74) is 2.52. The molecule has 0 radical (unpaired) electrons. The van der Waals surface area contributed by atoms with Crippen molar-refractivity contribution in [2.45, 2.75) is 64.9 Å². The fraction of sp³-hybridized carbons (Fsp3) is 0.647. The van der Waals surface area contributed by atoms with Crippen LogP contribution < -0.4 is 0 Å². The minimum absolute atomic E-state index is 0.399. The molecule has 2 rings (SSSR count). The minimum Gasteiger partial charge on any atom is -0.390 e. The first-order valence-electron chi connectivity index (χ1n) is 7.17. The Balaban J connectivity index is 2.10. The molecule has 0 aliphatic heterocycles. The molecule has 1 N–H and O–H groups in total. The molecule has 18 heavy (non-hydrogen) atoms. The lowest BCUT2D eigenvalue weighted by Crippen LogP contribution is -2.31. The van der Waals surface area contributed by atoms with Crippen molar-refractivity contribution in [2.24, 2.45) is 5.41 Å². The second-order valence-electron chi connectivity index (χ2n) is 6.85. The third-order valence-corrected chi connectivity index (χ3v) is 4.54. The number of rotatable bonds is 2. The van der Waals surface area contributed by atoms with Crippen molar-refractivity contribution in [3.63, 3.8) is 0 Å². The van der Waals surface area contributed by atoms with E-state index < -0.39 is 5.60 Å². The molecule has 1 nitrogen and oxygen atoms in total. The molecule has 0 amide bonds. The molecular formula is C17H26O. The standard InChI is InChI=1S/C17H26O/c1-14-7-4-5-8-15(14)13-17(18)10-6-9-16(2,3)11-12-17/h4-5,7-8,18H,6,9-13H2,1-3H3. The smallest absolute Gasteiger partial charge is 0.0688 e. The molecule has 1 unspecified atom stereocenters. The summed E-state index contributed by atoms with van der Waals surface area (Å²) < 4.78 is 0. The molecule has 1 saturated carbocycles. The van der Waals surface area contributed by atoms with Crippen LogP contribution in [0.4, 0.5) is 0 Å². The van der Waals surface area contributed by atoms with Crippen molar-refractivity contribution in [3.05, 3.63) is 35.4 Å². The van der Waals surface area contributed by atoms with Gasteiger partial charge in [0.25, 0.3) is 0 Å². The van der Waals surface area contributed by atoms with Crippen LogP contribution >= 0.6 is 0 Å². The van der Waals surface area contributed by atoms with E-state index in [1.807, 2.05) is 0 Å². The zero-order chi connectivity index (χ0) is 13.2. The van der Waals surface area contributed by atoms with Crippen molar-refractivity contribution in [2.75, 3.05) is 0 Å². The molecule has 1 aliphatic rings. The van der Waals surface area contributed by atoms with Gasteiger partial charge in [-0.25, -0.2) is 0 Å². The van der Waals surface area contributed by atoms with E-state index in [4.69, 9.17) is 0 Å². The summed E-state index contributed by atoms with van der Waals surface area (Å²) in [5.74, 6) is 0. The number of hydrogen-bond donors (Lipinski definition) is 1. The lowest BCUT2D eigenvalue weighted by atomic mass is 9.82. The Morgan fingerprint density at radius 2 is 1.78 bits per heavy atom. The predicted octanol–water partition coefficient (Wildman–Crippen LogP) is 4.26. The Morgan fingerprint density at radius 1 is 1.06 bits per heavy atom. The SMILES string of the molecule is Cc1ccccc1CC1(O)CCCC(C)(C)CC1. The second-order valence-corrected chi connectivity index (χ2v) is 6.85. The highest BCUT2D eigenvalue weighted by molar-refractivity contribution is 5.27. The first-order chi connectivity index (χ1) is 8.40. The maximum absolute atomic E-state index is 10.9. The van der Waals surface area contributed by atoms with Crippen LogP contribution in [-0.4, -0.2) is 10.7 Å². The van der Waals surface area contributed by atoms with Gasteiger partial charge in [0.2, 0.25) is 0 Å². The average Bonchev–Trinajstić information content (AvgIpc) is 2.42. The summed E-state index contributed by atoms with van der Waals surface area (Å²) in [6, 6.07) is 8.44. The summed E-state index contributed by atoms with van der Waals surface area (Å²) in [4.78, 5) is 0. The molecule has 1 fully saturated rings. The van der Waals surface area contributed by atoms with E-state index in [-0.39, 0.29) is 0 Å². The van der Waals surface area contributed by atoms with Gasteiger partial charge in [0.05, 0.1) is 5.60 Å². The van der Waals surface area contributed by atoms with E-state index in [0.29, 0.717) is 5.41 Å². The first kappa shape index (κ1) is 13.6. The van der Waals surface area contributed by atoms with Gasteiger partial charge in [-0.05, 0) is 49.1 Å². The maximum atomic E-state index is 10.9. The Bertz CT molecular complexity index is 408. The van der Waals surface area contributed by atoms with Gasteiger partial charge < -0.3 is 5.11 Å². The van der Waals surface area contributed by atoms with E-state index in [1.165, 1.54) is 17.5 Å². The lowest BCUT2D eigenvalue weighted by Gasteiger charge is -2.28. The van der Waals surface area contributed by atoms with E-state index in [0.717, 1.165) is 32.1 Å². The van der Waals surface area contributed by atoms with Crippen molar-refractivity contribution in [3.8, 4) is 0 Å². The van der Waals surface area contributed by atoms with Crippen LogP contribution in [0.1, 0.15) is 57.1 Å². The third kappa shape index (κ3) is 3.35. The van der Waals surface area contributed by atoms with E-state index in [9.17, 15) is 5.11 Å². The van der Waals surface area contributed by atoms with Gasteiger partial charge in [0, 0.05) is 6.42 Å². The van der Waals surface area contributed by atoms with Gasteiger partial charge in [-0.1, -0.05) is 44.5 Å². The van der Waals surface area contributed by atoms with Crippen molar-refractivity contribution < 1.29 is 5.11 Å². The summed E-state index contributed by atoms with van der Waals surface area (Å²) in [7, 11) is 0. The highest BCUT2D eigenvalue weighted by Crippen LogP contribution is 2.39. The van der Waals surface area contributed by atoms with E-state index in [2.05, 4.69) is 45.0 Å². The van der Waals surface area contributed by atoms with Crippen LogP contribution in [0.3, 0.4) is 0 Å². The topological polar surface area (TPSA) is 20.2 Å². The Kier molecular flexibility index (Phi) is 3.82. The molecule has 1 aromatic carbocycles. The molecule has 100 valence electrons. The van der Waals surface area contributed by atoms with Crippen LogP contribution in [0, 0.1) is 12.3 Å². The molecule has 0 spiro atoms. The number of aliphatic hydroxyl groups is 1. The lowest BCUT2D eigenvalue weighted by molar-refractivity contribution is 0.0225. The Hall–Kier alpha value is -0.820. The summed E-state index contributed by atoms with van der Waals surface area (Å²) in [6.07, 6.45) is 6.22. The summed E-state index contributed by atoms with van der Waals surface area (Å²) in [5, 5.41) is 10.9. The largest absolute Gasteiger partial charge is 0.390 e. The quantitative estimate of drug-likeness (QED) is 0.773. The molecule has 1 aromatic rings. The normalized spacial score (nSPS) is 27.8. The number of hydrogen-bond acceptors (Lipinski definition) is 1. The van der Waals surface area contributed by atoms with Gasteiger partial charge in [-0.15, -0.1) is 0 Å². The van der Waals surface area contributed by atoms with Crippen molar-refractivity contribution >= 4 is 0 Å². The van der Waals surface area contributed by atoms with Gasteiger partial charge in [0.15, 0.2) is 0 Å². The molecule has 1 heteroatoms. The fourth-order valence-electron chi connectivity index (χ4n) is 3.06. The van der Waals surface area contributed by atoms with E-state index >= 15 is 0 Å². The van der Waals surface area contributed by atoms with Gasteiger partial charge >= 0.3 is 0 Å². The van der Waals surface area contributed by atoms with Crippen LogP contribution in [0.25, 0.3) is 0 Å². The first-order valence-corrected chi connectivity index (χ1v) is 7.17. The highest BCUT2D eigenvalue weighted by Gasteiger charge is 2.33. The summed E-state index contributed by atoms with van der Waals surface area (Å²) in [6.45, 7) is 6.79. The third-order valence-electron chi connectivity index (χ3n) is 4.54. The number of aryl methyl sites for hydroxylation is 1. The zero-order valence-corrected chi connectivity index (χ0v) is 12.0. The maximum Gasteiger partial charge on any atom is 0.0688 e. The predicted molar refractivity (Wildman–Crippen MR) is 76.7 cm³/mol. The average molecular weight is 246 g/mol. The molecular weight excluding hydrogens is 220 g/mol. The molecule has 1 atom stereocenters. The minimum atomic E-state index is -0.486. The Labute approximate surface area is 111 Å². The Morgan fingerprint density at radius 3 is 2.50 bits per heavy atom. The zero-order valence-electron chi connectivity index (χ0n) is 12.0. The fourth-order valence-corrected chi connectivity index (χ4v) is 3.06. The molecule has 0 saturated heterocycles. The monoisotopic (exact) mass is 246 g/mol. The van der Waals surface area contributed by atoms with Crippen molar-refractivity contribution in [1.82, 2.24) is 0 Å². The van der Waals surface area contributed by atoms with Gasteiger partial charge in [0.1, 0.15) is 0 Å². The van der Waals surface area contributed by atoms with Crippen LogP contribution in [-0.2, 0) is 6.42 Å². The molecule has 0 bridgehead atoms. The van der Waals surface area contributed by atoms with Crippen molar-refractivity contribution in [1.29, 1.82) is 0 Å². The molecule has 0 aromatic heterocycles. The summed E-state index contributed by atoms with van der Waals surface area (Å²) >= 11 is 0. The highest BCUT2D eigenvalue weighted by atomic mass is 16.3. The van der Waals surface area contributed by atoms with Crippen LogP contribution in [0.2, 0.25) is 0 Å².